The Kier molecular flexibility index (Phi) is 6.35. The zero-order valence-corrected chi connectivity index (χ0v) is 11.6. The van der Waals surface area contributed by atoms with Gasteiger partial charge in [0.25, 0.3) is 0 Å². The molecule has 0 saturated carbocycles. The van der Waals surface area contributed by atoms with E-state index >= 15 is 0 Å². The fourth-order valence-corrected chi connectivity index (χ4v) is 1.29. The first-order chi connectivity index (χ1) is 7.79. The minimum absolute atomic E-state index is 0.377. The second-order valence-corrected chi connectivity index (χ2v) is 5.12. The molecule has 0 aliphatic rings. The lowest BCUT2D eigenvalue weighted by Crippen LogP contribution is -2.45. The van der Waals surface area contributed by atoms with Crippen LogP contribution in [0.2, 0.25) is 0 Å². The standard InChI is InChI=1S/C14H25NO2/c1-7-10-15-14(4,5)13(2,3)12(16)9-8-11-17-6/h7-10,12,16H,1,11H2,2-6H3/b9-8-,15-10+. The van der Waals surface area contributed by atoms with Gasteiger partial charge in [0.05, 0.1) is 18.2 Å². The Hall–Kier alpha value is -0.930. The molecule has 0 radical (unpaired) electrons. The SMILES string of the molecule is C=C/C=N/C(C)(C)C(C)(C)C(O)/C=C\COC. The maximum atomic E-state index is 10.2. The Morgan fingerprint density at radius 3 is 2.41 bits per heavy atom. The number of aliphatic imine (C=N–C) groups is 1. The maximum absolute atomic E-state index is 10.2. The van der Waals surface area contributed by atoms with E-state index in [4.69, 9.17) is 4.74 Å². The summed E-state index contributed by atoms with van der Waals surface area (Å²) in [6.45, 7) is 12.1. The topological polar surface area (TPSA) is 41.8 Å². The number of methoxy groups -OCH3 is 1. The molecule has 1 N–H and O–H groups in total. The third-order valence-electron chi connectivity index (χ3n) is 3.40. The highest BCUT2D eigenvalue weighted by atomic mass is 16.5. The van der Waals surface area contributed by atoms with Gasteiger partial charge in [-0.25, -0.2) is 0 Å². The lowest BCUT2D eigenvalue weighted by atomic mass is 9.70. The van der Waals surface area contributed by atoms with Gasteiger partial charge in [0, 0.05) is 18.7 Å². The molecule has 17 heavy (non-hydrogen) atoms. The molecule has 1 atom stereocenters. The predicted octanol–water partition coefficient (Wildman–Crippen LogP) is 2.61. The third kappa shape index (κ3) is 4.44. The second kappa shape index (κ2) is 6.72. The number of hydrogen-bond acceptors (Lipinski definition) is 3. The summed E-state index contributed by atoms with van der Waals surface area (Å²) in [4.78, 5) is 4.43. The molecular weight excluding hydrogens is 214 g/mol. The summed E-state index contributed by atoms with van der Waals surface area (Å²) < 4.78 is 4.91. The highest BCUT2D eigenvalue weighted by Crippen LogP contribution is 2.37. The van der Waals surface area contributed by atoms with Gasteiger partial charge in [0.2, 0.25) is 0 Å². The van der Waals surface area contributed by atoms with Crippen LogP contribution in [-0.4, -0.2) is 36.7 Å². The highest BCUT2D eigenvalue weighted by molar-refractivity contribution is 5.70. The molecule has 0 aliphatic carbocycles. The minimum Gasteiger partial charge on any atom is -0.388 e. The van der Waals surface area contributed by atoms with Crippen LogP contribution in [0.1, 0.15) is 27.7 Å². The van der Waals surface area contributed by atoms with Crippen molar-refractivity contribution < 1.29 is 9.84 Å². The minimum atomic E-state index is -0.574. The molecule has 98 valence electrons. The van der Waals surface area contributed by atoms with Gasteiger partial charge in [-0.1, -0.05) is 38.7 Å². The summed E-state index contributed by atoms with van der Waals surface area (Å²) in [6, 6.07) is 0. The predicted molar refractivity (Wildman–Crippen MR) is 73.6 cm³/mol. The van der Waals surface area contributed by atoms with E-state index in [9.17, 15) is 5.11 Å². The van der Waals surface area contributed by atoms with Crippen LogP contribution in [0.25, 0.3) is 0 Å². The number of allylic oxidation sites excluding steroid dienone is 1. The molecule has 0 fully saturated rings. The van der Waals surface area contributed by atoms with E-state index in [1.807, 2.05) is 33.8 Å². The number of rotatable bonds is 7. The Morgan fingerprint density at radius 2 is 1.94 bits per heavy atom. The zero-order chi connectivity index (χ0) is 13.5. The molecule has 0 rings (SSSR count). The zero-order valence-electron chi connectivity index (χ0n) is 11.6. The molecule has 0 amide bonds. The first-order valence-corrected chi connectivity index (χ1v) is 5.79. The van der Waals surface area contributed by atoms with Crippen LogP contribution < -0.4 is 0 Å². The van der Waals surface area contributed by atoms with E-state index in [1.165, 1.54) is 0 Å². The van der Waals surface area contributed by atoms with E-state index in [0.717, 1.165) is 0 Å². The first-order valence-electron chi connectivity index (χ1n) is 5.79. The van der Waals surface area contributed by atoms with Crippen LogP contribution in [0.4, 0.5) is 0 Å². The molecule has 0 heterocycles. The summed E-state index contributed by atoms with van der Waals surface area (Å²) >= 11 is 0. The molecule has 0 aromatic carbocycles. The molecule has 3 nitrogen and oxygen atoms in total. The molecule has 0 aromatic heterocycles. The van der Waals surface area contributed by atoms with Gasteiger partial charge in [-0.3, -0.25) is 4.99 Å². The summed E-state index contributed by atoms with van der Waals surface area (Å²) in [5, 5.41) is 10.2. The molecule has 0 aliphatic heterocycles. The van der Waals surface area contributed by atoms with Gasteiger partial charge in [-0.2, -0.15) is 0 Å². The maximum Gasteiger partial charge on any atom is 0.0795 e. The fourth-order valence-electron chi connectivity index (χ4n) is 1.29. The lowest BCUT2D eigenvalue weighted by Gasteiger charge is -2.41. The molecule has 1 unspecified atom stereocenters. The fraction of sp³-hybridized carbons (Fsp3) is 0.643. The van der Waals surface area contributed by atoms with E-state index in [2.05, 4.69) is 11.6 Å². The van der Waals surface area contributed by atoms with E-state index in [-0.39, 0.29) is 11.0 Å². The van der Waals surface area contributed by atoms with Crippen LogP contribution in [0, 0.1) is 5.41 Å². The van der Waals surface area contributed by atoms with Crippen molar-refractivity contribution in [1.29, 1.82) is 0 Å². The van der Waals surface area contributed by atoms with Gasteiger partial charge in [0.15, 0.2) is 0 Å². The van der Waals surface area contributed by atoms with E-state index in [1.54, 1.807) is 25.5 Å². The smallest absolute Gasteiger partial charge is 0.0795 e. The summed E-state index contributed by atoms with van der Waals surface area (Å²) in [6.07, 6.45) is 6.32. The van der Waals surface area contributed by atoms with Crippen molar-refractivity contribution in [3.63, 3.8) is 0 Å². The monoisotopic (exact) mass is 239 g/mol. The number of hydrogen-bond donors (Lipinski definition) is 1. The Labute approximate surface area is 105 Å². The molecule has 3 heteroatoms. The molecular formula is C14H25NO2. The number of ether oxygens (including phenoxy) is 1. The second-order valence-electron chi connectivity index (χ2n) is 5.12. The average molecular weight is 239 g/mol. The van der Waals surface area contributed by atoms with Gasteiger partial charge in [-0.15, -0.1) is 0 Å². The summed E-state index contributed by atoms with van der Waals surface area (Å²) in [7, 11) is 1.63. The third-order valence-corrected chi connectivity index (χ3v) is 3.40. The average Bonchev–Trinajstić information content (AvgIpc) is 2.26. The van der Waals surface area contributed by atoms with Crippen molar-refractivity contribution in [3.8, 4) is 0 Å². The quantitative estimate of drug-likeness (QED) is 0.548. The normalized spacial score (nSPS) is 15.6. The van der Waals surface area contributed by atoms with Crippen molar-refractivity contribution in [2.75, 3.05) is 13.7 Å². The van der Waals surface area contributed by atoms with E-state index in [0.29, 0.717) is 6.61 Å². The number of aliphatic hydroxyl groups excluding tert-OH is 1. The molecule has 0 bridgehead atoms. The van der Waals surface area contributed by atoms with Crippen molar-refractivity contribution in [2.24, 2.45) is 10.4 Å². The first kappa shape index (κ1) is 16.1. The van der Waals surface area contributed by atoms with Crippen LogP contribution in [0.3, 0.4) is 0 Å². The summed E-state index contributed by atoms with van der Waals surface area (Å²) in [5.74, 6) is 0. The van der Waals surface area contributed by atoms with Gasteiger partial charge in [0.1, 0.15) is 0 Å². The summed E-state index contributed by atoms with van der Waals surface area (Å²) in [5.41, 5.74) is -0.755. The van der Waals surface area contributed by atoms with Gasteiger partial charge >= 0.3 is 0 Å². The molecule has 0 spiro atoms. The lowest BCUT2D eigenvalue weighted by molar-refractivity contribution is 0.0380. The van der Waals surface area contributed by atoms with Crippen molar-refractivity contribution in [1.82, 2.24) is 0 Å². The Morgan fingerprint density at radius 1 is 1.35 bits per heavy atom. The van der Waals surface area contributed by atoms with Gasteiger partial charge < -0.3 is 9.84 Å². The number of aliphatic hydroxyl groups is 1. The Bertz CT molecular complexity index is 291. The Balaban J connectivity index is 4.84. The largest absolute Gasteiger partial charge is 0.388 e. The number of nitrogens with zero attached hydrogens (tertiary/aromatic N) is 1. The molecule has 0 saturated heterocycles. The van der Waals surface area contributed by atoms with Crippen LogP contribution >= 0.6 is 0 Å². The van der Waals surface area contributed by atoms with Crippen LogP contribution in [0.15, 0.2) is 29.8 Å². The highest BCUT2D eigenvalue weighted by Gasteiger charge is 2.41. The van der Waals surface area contributed by atoms with Crippen molar-refractivity contribution in [2.45, 2.75) is 39.3 Å². The molecule has 0 aromatic rings. The van der Waals surface area contributed by atoms with E-state index < -0.39 is 6.10 Å². The van der Waals surface area contributed by atoms with Crippen molar-refractivity contribution in [3.05, 3.63) is 24.8 Å². The van der Waals surface area contributed by atoms with Crippen molar-refractivity contribution >= 4 is 6.21 Å². The van der Waals surface area contributed by atoms with Gasteiger partial charge in [-0.05, 0) is 13.8 Å². The van der Waals surface area contributed by atoms with Crippen LogP contribution in [-0.2, 0) is 4.74 Å². The van der Waals surface area contributed by atoms with Crippen LogP contribution in [0.5, 0.6) is 0 Å².